The van der Waals surface area contributed by atoms with Crippen molar-refractivity contribution in [1.82, 2.24) is 0 Å². The molecule has 0 radical (unpaired) electrons. The topological polar surface area (TPSA) is 0 Å². The minimum Gasteiger partial charge on any atom is -0.246 e. The van der Waals surface area contributed by atoms with Gasteiger partial charge in [-0.25, -0.2) is 8.78 Å². The van der Waals surface area contributed by atoms with Gasteiger partial charge >= 0.3 is 0 Å². The van der Waals surface area contributed by atoms with E-state index in [0.717, 1.165) is 6.07 Å². The summed E-state index contributed by atoms with van der Waals surface area (Å²) in [7, 11) is 0. The fourth-order valence-corrected chi connectivity index (χ4v) is 1.51. The van der Waals surface area contributed by atoms with Gasteiger partial charge in [0.15, 0.2) is 0 Å². The van der Waals surface area contributed by atoms with Gasteiger partial charge in [0.1, 0.15) is 12.5 Å². The molecule has 0 heterocycles. The molecule has 1 aromatic rings. The number of halogens is 4. The molecule has 0 aliphatic heterocycles. The van der Waals surface area contributed by atoms with E-state index in [1.807, 2.05) is 0 Å². The van der Waals surface area contributed by atoms with Gasteiger partial charge in [0.25, 0.3) is 0 Å². The molecule has 0 aliphatic rings. The highest BCUT2D eigenvalue weighted by Crippen LogP contribution is 2.28. The van der Waals surface area contributed by atoms with Crippen LogP contribution in [-0.4, -0.2) is 0 Å². The van der Waals surface area contributed by atoms with Gasteiger partial charge in [0.2, 0.25) is 0 Å². The second-order valence-corrected chi connectivity index (χ2v) is 3.64. The predicted octanol–water partition coefficient (Wildman–Crippen LogP) is 3.82. The molecule has 0 bridgehead atoms. The summed E-state index contributed by atoms with van der Waals surface area (Å²) in [6.07, 6.45) is 0. The second-order valence-electron chi connectivity index (χ2n) is 1.99. The molecular formula is C7H4Br2F2. The van der Waals surface area contributed by atoms with E-state index >= 15 is 0 Å². The van der Waals surface area contributed by atoms with Gasteiger partial charge in [-0.3, -0.25) is 0 Å². The highest BCUT2D eigenvalue weighted by Gasteiger charge is 2.05. The van der Waals surface area contributed by atoms with E-state index in [4.69, 9.17) is 0 Å². The molecule has 0 nitrogen and oxygen atoms in total. The smallest absolute Gasteiger partial charge is 0.124 e. The Morgan fingerprint density at radius 2 is 1.91 bits per heavy atom. The number of hydrogen-bond acceptors (Lipinski definition) is 0. The first-order chi connectivity index (χ1) is 5.15. The van der Waals surface area contributed by atoms with E-state index in [2.05, 4.69) is 31.9 Å². The third kappa shape index (κ3) is 1.99. The summed E-state index contributed by atoms with van der Waals surface area (Å²) in [4.78, 5) is 0. The molecule has 11 heavy (non-hydrogen) atoms. The standard InChI is InChI=1S/C7H4Br2F2/c8-6-2-5(11)1-4(3-10)7(6)9/h1-2H,3H2. The largest absolute Gasteiger partial charge is 0.246 e. The van der Waals surface area contributed by atoms with Crippen LogP contribution < -0.4 is 0 Å². The van der Waals surface area contributed by atoms with Crippen molar-refractivity contribution in [3.63, 3.8) is 0 Å². The van der Waals surface area contributed by atoms with Gasteiger partial charge in [-0.1, -0.05) is 0 Å². The van der Waals surface area contributed by atoms with Crippen molar-refractivity contribution in [3.05, 3.63) is 32.5 Å². The van der Waals surface area contributed by atoms with Crippen molar-refractivity contribution in [3.8, 4) is 0 Å². The van der Waals surface area contributed by atoms with Crippen molar-refractivity contribution in [2.45, 2.75) is 6.67 Å². The molecule has 0 fully saturated rings. The average molecular weight is 286 g/mol. The summed E-state index contributed by atoms with van der Waals surface area (Å²) in [5.74, 6) is -0.437. The zero-order valence-corrected chi connectivity index (χ0v) is 8.55. The minimum absolute atomic E-state index is 0.317. The zero-order chi connectivity index (χ0) is 8.43. The SMILES string of the molecule is FCc1cc(F)cc(Br)c1Br. The monoisotopic (exact) mass is 284 g/mol. The van der Waals surface area contributed by atoms with Crippen molar-refractivity contribution in [2.75, 3.05) is 0 Å². The molecule has 0 spiro atoms. The summed E-state index contributed by atoms with van der Waals surface area (Å²) >= 11 is 6.21. The van der Waals surface area contributed by atoms with Gasteiger partial charge in [-0.2, -0.15) is 0 Å². The van der Waals surface area contributed by atoms with Crippen LogP contribution in [0, 0.1) is 5.82 Å². The molecule has 0 aromatic heterocycles. The number of benzene rings is 1. The van der Waals surface area contributed by atoms with Gasteiger partial charge < -0.3 is 0 Å². The van der Waals surface area contributed by atoms with E-state index in [1.165, 1.54) is 6.07 Å². The number of rotatable bonds is 1. The molecule has 0 saturated carbocycles. The van der Waals surface area contributed by atoms with Crippen LogP contribution in [0.3, 0.4) is 0 Å². The van der Waals surface area contributed by atoms with Crippen LogP contribution in [0.1, 0.15) is 5.56 Å². The second kappa shape index (κ2) is 3.63. The first-order valence-corrected chi connectivity index (χ1v) is 4.43. The first kappa shape index (κ1) is 9.13. The van der Waals surface area contributed by atoms with Crippen LogP contribution in [0.2, 0.25) is 0 Å². The van der Waals surface area contributed by atoms with Crippen LogP contribution in [0.4, 0.5) is 8.78 Å². The summed E-state index contributed by atoms with van der Waals surface area (Å²) in [6, 6.07) is 2.44. The van der Waals surface area contributed by atoms with Crippen molar-refractivity contribution >= 4 is 31.9 Å². The summed E-state index contributed by atoms with van der Waals surface area (Å²) in [5.41, 5.74) is 0.317. The quantitative estimate of drug-likeness (QED) is 0.688. The lowest BCUT2D eigenvalue weighted by molar-refractivity contribution is 0.480. The molecule has 1 rings (SSSR count). The molecule has 0 unspecified atom stereocenters. The van der Waals surface area contributed by atoms with Crippen molar-refractivity contribution < 1.29 is 8.78 Å². The van der Waals surface area contributed by atoms with Gasteiger partial charge in [-0.15, -0.1) is 0 Å². The minimum atomic E-state index is -0.670. The average Bonchev–Trinajstić information content (AvgIpc) is 1.96. The molecule has 0 amide bonds. The van der Waals surface area contributed by atoms with Gasteiger partial charge in [-0.05, 0) is 44.0 Å². The Balaban J connectivity index is 3.24. The van der Waals surface area contributed by atoms with Crippen molar-refractivity contribution in [1.29, 1.82) is 0 Å². The van der Waals surface area contributed by atoms with E-state index < -0.39 is 12.5 Å². The Hall–Kier alpha value is 0.0400. The van der Waals surface area contributed by atoms with Crippen molar-refractivity contribution in [2.24, 2.45) is 0 Å². The third-order valence-corrected chi connectivity index (χ3v) is 3.31. The number of hydrogen-bond donors (Lipinski definition) is 0. The lowest BCUT2D eigenvalue weighted by Gasteiger charge is -2.01. The maximum atomic E-state index is 12.6. The maximum Gasteiger partial charge on any atom is 0.124 e. The summed E-state index contributed by atoms with van der Waals surface area (Å²) < 4.78 is 25.8. The molecule has 0 atom stereocenters. The zero-order valence-electron chi connectivity index (χ0n) is 5.37. The Morgan fingerprint density at radius 1 is 1.27 bits per heavy atom. The van der Waals surface area contributed by atoms with Crippen LogP contribution in [0.5, 0.6) is 0 Å². The van der Waals surface area contributed by atoms with Crippen LogP contribution >= 0.6 is 31.9 Å². The lowest BCUT2D eigenvalue weighted by Crippen LogP contribution is -1.85. The van der Waals surface area contributed by atoms with Gasteiger partial charge in [0, 0.05) is 14.5 Å². The Kier molecular flexibility index (Phi) is 3.01. The maximum absolute atomic E-state index is 12.6. The fourth-order valence-electron chi connectivity index (χ4n) is 0.707. The fraction of sp³-hybridized carbons (Fsp3) is 0.143. The van der Waals surface area contributed by atoms with E-state index in [0.29, 0.717) is 14.5 Å². The third-order valence-electron chi connectivity index (χ3n) is 1.21. The molecular weight excluding hydrogens is 282 g/mol. The Bertz CT molecular complexity index is 273. The van der Waals surface area contributed by atoms with E-state index in [1.54, 1.807) is 0 Å². The summed E-state index contributed by atoms with van der Waals surface area (Å²) in [5, 5.41) is 0. The highest BCUT2D eigenvalue weighted by atomic mass is 79.9. The molecule has 4 heteroatoms. The van der Waals surface area contributed by atoms with Crippen LogP contribution in [0.25, 0.3) is 0 Å². The van der Waals surface area contributed by atoms with Gasteiger partial charge in [0.05, 0.1) is 0 Å². The van der Waals surface area contributed by atoms with Crippen LogP contribution in [0.15, 0.2) is 21.1 Å². The molecule has 0 saturated heterocycles. The van der Waals surface area contributed by atoms with E-state index in [9.17, 15) is 8.78 Å². The molecule has 0 N–H and O–H groups in total. The Morgan fingerprint density at radius 3 is 2.45 bits per heavy atom. The first-order valence-electron chi connectivity index (χ1n) is 2.84. The molecule has 60 valence electrons. The molecule has 1 aromatic carbocycles. The molecule has 0 aliphatic carbocycles. The van der Waals surface area contributed by atoms with Crippen LogP contribution in [-0.2, 0) is 6.67 Å². The van der Waals surface area contributed by atoms with E-state index in [-0.39, 0.29) is 0 Å². The predicted molar refractivity (Wildman–Crippen MR) is 46.6 cm³/mol. The lowest BCUT2D eigenvalue weighted by atomic mass is 10.2. The highest BCUT2D eigenvalue weighted by molar-refractivity contribution is 9.13. The number of alkyl halides is 1. The Labute approximate surface area is 79.9 Å². The normalized spacial score (nSPS) is 10.2. The summed E-state index contributed by atoms with van der Waals surface area (Å²) in [6.45, 7) is -0.670.